The third kappa shape index (κ3) is 1.50. The maximum atomic E-state index is 10.0. The molecular formula is C9H16N2O. The highest BCUT2D eigenvalue weighted by molar-refractivity contribution is 5.09. The zero-order chi connectivity index (χ0) is 9.35. The summed E-state index contributed by atoms with van der Waals surface area (Å²) in [5.74, 6) is 0.174. The molecule has 0 spiro atoms. The summed E-state index contributed by atoms with van der Waals surface area (Å²) in [6.45, 7) is 5.75. The SMILES string of the molecule is CC(C)C(C)(O)c1ccn(C)n1. The lowest BCUT2D eigenvalue weighted by atomic mass is 9.89. The molecule has 0 saturated carbocycles. The van der Waals surface area contributed by atoms with E-state index < -0.39 is 5.60 Å². The standard InChI is InChI=1S/C9H16N2O/c1-7(2)9(3,12)8-5-6-11(4)10-8/h5-7,12H,1-4H3. The molecule has 0 aliphatic rings. The maximum Gasteiger partial charge on any atom is 0.108 e. The molecule has 1 aromatic rings. The van der Waals surface area contributed by atoms with Gasteiger partial charge in [0.15, 0.2) is 0 Å². The van der Waals surface area contributed by atoms with Crippen molar-refractivity contribution in [3.05, 3.63) is 18.0 Å². The molecule has 0 bridgehead atoms. The van der Waals surface area contributed by atoms with E-state index in [1.807, 2.05) is 33.2 Å². The van der Waals surface area contributed by atoms with Crippen LogP contribution < -0.4 is 0 Å². The van der Waals surface area contributed by atoms with Gasteiger partial charge < -0.3 is 5.11 Å². The minimum absolute atomic E-state index is 0.174. The molecular weight excluding hydrogens is 152 g/mol. The van der Waals surface area contributed by atoms with Gasteiger partial charge >= 0.3 is 0 Å². The largest absolute Gasteiger partial charge is 0.384 e. The van der Waals surface area contributed by atoms with E-state index in [0.29, 0.717) is 0 Å². The lowest BCUT2D eigenvalue weighted by Gasteiger charge is -2.25. The van der Waals surface area contributed by atoms with Crippen LogP contribution >= 0.6 is 0 Å². The minimum Gasteiger partial charge on any atom is -0.384 e. The molecule has 1 heterocycles. The molecule has 1 rings (SSSR count). The van der Waals surface area contributed by atoms with Gasteiger partial charge in [0.05, 0.1) is 5.69 Å². The number of nitrogens with zero attached hydrogens (tertiary/aromatic N) is 2. The first-order chi connectivity index (χ1) is 5.44. The minimum atomic E-state index is -0.818. The molecule has 3 nitrogen and oxygen atoms in total. The van der Waals surface area contributed by atoms with E-state index in [4.69, 9.17) is 0 Å². The van der Waals surface area contributed by atoms with Crippen LogP contribution in [-0.2, 0) is 12.6 Å². The predicted molar refractivity (Wildman–Crippen MR) is 47.6 cm³/mol. The average molecular weight is 168 g/mol. The van der Waals surface area contributed by atoms with Crippen molar-refractivity contribution in [1.29, 1.82) is 0 Å². The second kappa shape index (κ2) is 2.90. The Kier molecular flexibility index (Phi) is 2.24. The summed E-state index contributed by atoms with van der Waals surface area (Å²) in [4.78, 5) is 0. The highest BCUT2D eigenvalue weighted by atomic mass is 16.3. The van der Waals surface area contributed by atoms with Gasteiger partial charge in [-0.1, -0.05) is 13.8 Å². The van der Waals surface area contributed by atoms with E-state index in [9.17, 15) is 5.11 Å². The van der Waals surface area contributed by atoms with Gasteiger partial charge in [-0.3, -0.25) is 4.68 Å². The number of hydrogen-bond acceptors (Lipinski definition) is 2. The van der Waals surface area contributed by atoms with Crippen LogP contribution in [0.15, 0.2) is 12.3 Å². The van der Waals surface area contributed by atoms with Gasteiger partial charge in [0, 0.05) is 13.2 Å². The Hall–Kier alpha value is -0.830. The van der Waals surface area contributed by atoms with Crippen LogP contribution in [0, 0.1) is 5.92 Å². The maximum absolute atomic E-state index is 10.0. The monoisotopic (exact) mass is 168 g/mol. The normalized spacial score (nSPS) is 16.5. The Morgan fingerprint density at radius 2 is 2.17 bits per heavy atom. The number of aliphatic hydroxyl groups is 1. The first-order valence-corrected chi connectivity index (χ1v) is 4.17. The van der Waals surface area contributed by atoms with Crippen molar-refractivity contribution in [2.45, 2.75) is 26.4 Å². The van der Waals surface area contributed by atoms with E-state index in [1.165, 1.54) is 0 Å². The van der Waals surface area contributed by atoms with E-state index in [1.54, 1.807) is 11.6 Å². The molecule has 0 saturated heterocycles. The molecule has 0 radical (unpaired) electrons. The molecule has 68 valence electrons. The first-order valence-electron chi connectivity index (χ1n) is 4.17. The Morgan fingerprint density at radius 3 is 2.50 bits per heavy atom. The van der Waals surface area contributed by atoms with E-state index in [-0.39, 0.29) is 5.92 Å². The zero-order valence-corrected chi connectivity index (χ0v) is 8.07. The fraction of sp³-hybridized carbons (Fsp3) is 0.667. The van der Waals surface area contributed by atoms with Crippen molar-refractivity contribution in [3.8, 4) is 0 Å². The number of aromatic nitrogens is 2. The van der Waals surface area contributed by atoms with E-state index in [0.717, 1.165) is 5.69 Å². The summed E-state index contributed by atoms with van der Waals surface area (Å²) in [7, 11) is 1.85. The smallest absolute Gasteiger partial charge is 0.108 e. The van der Waals surface area contributed by atoms with Gasteiger partial charge in [-0.2, -0.15) is 5.10 Å². The second-order valence-corrected chi connectivity index (χ2v) is 3.68. The fourth-order valence-corrected chi connectivity index (χ4v) is 0.981. The summed E-state index contributed by atoms with van der Waals surface area (Å²) in [5.41, 5.74) is -0.0821. The third-order valence-electron chi connectivity index (χ3n) is 2.36. The van der Waals surface area contributed by atoms with Crippen molar-refractivity contribution in [3.63, 3.8) is 0 Å². The Morgan fingerprint density at radius 1 is 1.58 bits per heavy atom. The predicted octanol–water partition coefficient (Wildman–Crippen LogP) is 1.28. The molecule has 0 fully saturated rings. The van der Waals surface area contributed by atoms with Gasteiger partial charge in [0.25, 0.3) is 0 Å². The topological polar surface area (TPSA) is 38.0 Å². The van der Waals surface area contributed by atoms with Gasteiger partial charge in [-0.15, -0.1) is 0 Å². The lowest BCUT2D eigenvalue weighted by molar-refractivity contribution is 0.00440. The Labute approximate surface area is 73.0 Å². The summed E-state index contributed by atoms with van der Waals surface area (Å²) in [5, 5.41) is 14.2. The fourth-order valence-electron chi connectivity index (χ4n) is 0.981. The highest BCUT2D eigenvalue weighted by Gasteiger charge is 2.29. The van der Waals surface area contributed by atoms with Crippen LogP contribution in [0.3, 0.4) is 0 Å². The van der Waals surface area contributed by atoms with Crippen molar-refractivity contribution >= 4 is 0 Å². The number of rotatable bonds is 2. The average Bonchev–Trinajstić information content (AvgIpc) is 2.35. The number of hydrogen-bond donors (Lipinski definition) is 1. The van der Waals surface area contributed by atoms with E-state index in [2.05, 4.69) is 5.10 Å². The molecule has 1 unspecified atom stereocenters. The Balaban J connectivity index is 2.97. The summed E-state index contributed by atoms with van der Waals surface area (Å²) >= 11 is 0. The quantitative estimate of drug-likeness (QED) is 0.722. The van der Waals surface area contributed by atoms with Crippen molar-refractivity contribution in [2.24, 2.45) is 13.0 Å². The van der Waals surface area contributed by atoms with Crippen molar-refractivity contribution in [2.75, 3.05) is 0 Å². The van der Waals surface area contributed by atoms with Crippen molar-refractivity contribution in [1.82, 2.24) is 9.78 Å². The molecule has 1 atom stereocenters. The zero-order valence-electron chi connectivity index (χ0n) is 8.07. The van der Waals surface area contributed by atoms with E-state index >= 15 is 0 Å². The van der Waals surface area contributed by atoms with Crippen LogP contribution in [0.5, 0.6) is 0 Å². The lowest BCUT2D eigenvalue weighted by Crippen LogP contribution is -2.28. The summed E-state index contributed by atoms with van der Waals surface area (Å²) in [6, 6.07) is 1.85. The van der Waals surface area contributed by atoms with Crippen LogP contribution in [0.2, 0.25) is 0 Å². The van der Waals surface area contributed by atoms with Crippen LogP contribution in [0.25, 0.3) is 0 Å². The molecule has 0 aliphatic carbocycles. The molecule has 1 aromatic heterocycles. The van der Waals surface area contributed by atoms with Crippen LogP contribution in [0.4, 0.5) is 0 Å². The molecule has 1 N–H and O–H groups in total. The number of aryl methyl sites for hydroxylation is 1. The molecule has 12 heavy (non-hydrogen) atoms. The first kappa shape index (κ1) is 9.26. The van der Waals surface area contributed by atoms with Gasteiger partial charge in [0.2, 0.25) is 0 Å². The van der Waals surface area contributed by atoms with Crippen LogP contribution in [-0.4, -0.2) is 14.9 Å². The highest BCUT2D eigenvalue weighted by Crippen LogP contribution is 2.26. The molecule has 0 amide bonds. The second-order valence-electron chi connectivity index (χ2n) is 3.68. The van der Waals surface area contributed by atoms with Crippen LogP contribution in [0.1, 0.15) is 26.5 Å². The van der Waals surface area contributed by atoms with Gasteiger partial charge in [-0.05, 0) is 18.9 Å². The van der Waals surface area contributed by atoms with Crippen molar-refractivity contribution < 1.29 is 5.11 Å². The molecule has 0 aromatic carbocycles. The van der Waals surface area contributed by atoms with Gasteiger partial charge in [-0.25, -0.2) is 0 Å². The third-order valence-corrected chi connectivity index (χ3v) is 2.36. The molecule has 0 aliphatic heterocycles. The summed E-state index contributed by atoms with van der Waals surface area (Å²) < 4.78 is 1.70. The van der Waals surface area contributed by atoms with Gasteiger partial charge in [0.1, 0.15) is 5.60 Å². The molecule has 3 heteroatoms. The summed E-state index contributed by atoms with van der Waals surface area (Å²) in [6.07, 6.45) is 1.84. The Bertz CT molecular complexity index is 263.